The summed E-state index contributed by atoms with van der Waals surface area (Å²) in [6.45, 7) is -0.0633. The minimum absolute atomic E-state index is 0.0633. The highest BCUT2D eigenvalue weighted by atomic mass is 35.5. The molecule has 0 saturated heterocycles. The maximum Gasteiger partial charge on any atom is 0.230 e. The molecule has 1 atom stereocenters. The van der Waals surface area contributed by atoms with E-state index in [0.29, 0.717) is 27.9 Å². The normalized spacial score (nSPS) is 12.0. The van der Waals surface area contributed by atoms with Crippen LogP contribution in [0, 0.1) is 5.92 Å². The Kier molecular flexibility index (Phi) is 6.93. The molecule has 0 aliphatic carbocycles. The van der Waals surface area contributed by atoms with E-state index in [2.05, 4.69) is 0 Å². The lowest BCUT2D eigenvalue weighted by Crippen LogP contribution is -2.34. The molecule has 0 heterocycles. The van der Waals surface area contributed by atoms with Crippen molar-refractivity contribution in [2.24, 2.45) is 5.92 Å². The molecule has 0 fully saturated rings. The molecular formula is C18H18Cl3NO2. The fraction of sp³-hybridized carbons (Fsp3) is 0.278. The van der Waals surface area contributed by atoms with Crippen LogP contribution in [0.3, 0.4) is 0 Å². The van der Waals surface area contributed by atoms with Gasteiger partial charge in [-0.1, -0.05) is 40.9 Å². The minimum Gasteiger partial charge on any atom is -0.396 e. The minimum atomic E-state index is -0.354. The summed E-state index contributed by atoms with van der Waals surface area (Å²) in [7, 11) is 1.71. The molecule has 128 valence electrons. The standard InChI is InChI=1S/C18H18Cl3NO2/c1-22(15-5-3-14(19)4-6-15)18(24)13(8-9-23)10-12-2-7-16(20)17(21)11-12/h2-7,11,13,23H,8-10H2,1H3. The lowest BCUT2D eigenvalue weighted by Gasteiger charge is -2.24. The quantitative estimate of drug-likeness (QED) is 0.771. The van der Waals surface area contributed by atoms with Crippen molar-refractivity contribution >= 4 is 46.4 Å². The first-order chi connectivity index (χ1) is 11.4. The second-order valence-electron chi connectivity index (χ2n) is 5.54. The number of nitrogens with zero attached hydrogens (tertiary/aromatic N) is 1. The fourth-order valence-electron chi connectivity index (χ4n) is 2.49. The van der Waals surface area contributed by atoms with Crippen molar-refractivity contribution in [3.05, 3.63) is 63.1 Å². The molecule has 2 aromatic carbocycles. The zero-order valence-electron chi connectivity index (χ0n) is 13.2. The summed E-state index contributed by atoms with van der Waals surface area (Å²) in [5.41, 5.74) is 1.65. The van der Waals surface area contributed by atoms with Crippen molar-refractivity contribution in [1.29, 1.82) is 0 Å². The van der Waals surface area contributed by atoms with Gasteiger partial charge in [-0.25, -0.2) is 0 Å². The van der Waals surface area contributed by atoms with Crippen LogP contribution in [0.1, 0.15) is 12.0 Å². The molecular weight excluding hydrogens is 369 g/mol. The molecule has 0 aromatic heterocycles. The number of halogens is 3. The molecule has 6 heteroatoms. The van der Waals surface area contributed by atoms with Gasteiger partial charge in [0.1, 0.15) is 0 Å². The summed E-state index contributed by atoms with van der Waals surface area (Å²) >= 11 is 17.8. The molecule has 0 aliphatic heterocycles. The summed E-state index contributed by atoms with van der Waals surface area (Å²) < 4.78 is 0. The number of carbonyl (C=O) groups excluding carboxylic acids is 1. The Morgan fingerprint density at radius 2 is 1.75 bits per heavy atom. The number of anilines is 1. The zero-order valence-corrected chi connectivity index (χ0v) is 15.4. The van der Waals surface area contributed by atoms with E-state index >= 15 is 0 Å². The lowest BCUT2D eigenvalue weighted by atomic mass is 9.95. The molecule has 1 amide bonds. The van der Waals surface area contributed by atoms with Crippen molar-refractivity contribution in [2.75, 3.05) is 18.6 Å². The fourth-order valence-corrected chi connectivity index (χ4v) is 2.93. The van der Waals surface area contributed by atoms with E-state index in [1.807, 2.05) is 6.07 Å². The first-order valence-electron chi connectivity index (χ1n) is 7.50. The van der Waals surface area contributed by atoms with Gasteiger partial charge < -0.3 is 10.0 Å². The molecule has 0 aliphatic rings. The molecule has 2 rings (SSSR count). The van der Waals surface area contributed by atoms with Gasteiger partial charge in [-0.15, -0.1) is 0 Å². The lowest BCUT2D eigenvalue weighted by molar-refractivity contribution is -0.122. The highest BCUT2D eigenvalue weighted by Crippen LogP contribution is 2.26. The predicted molar refractivity (Wildman–Crippen MR) is 100 cm³/mol. The SMILES string of the molecule is CN(C(=O)C(CCO)Cc1ccc(Cl)c(Cl)c1)c1ccc(Cl)cc1. The molecule has 24 heavy (non-hydrogen) atoms. The number of carbonyl (C=O) groups is 1. The van der Waals surface area contributed by atoms with Gasteiger partial charge in [0.25, 0.3) is 0 Å². The summed E-state index contributed by atoms with van der Waals surface area (Å²) in [4.78, 5) is 14.4. The van der Waals surface area contributed by atoms with Gasteiger partial charge in [0, 0.05) is 30.3 Å². The molecule has 0 radical (unpaired) electrons. The summed E-state index contributed by atoms with van der Waals surface area (Å²) in [5, 5.41) is 10.9. The Labute approximate surface area is 156 Å². The number of rotatable bonds is 6. The van der Waals surface area contributed by atoms with E-state index in [1.165, 1.54) is 0 Å². The van der Waals surface area contributed by atoms with Gasteiger partial charge in [0.15, 0.2) is 0 Å². The Bertz CT molecular complexity index is 704. The Balaban J connectivity index is 2.17. The van der Waals surface area contributed by atoms with Crippen LogP contribution >= 0.6 is 34.8 Å². The van der Waals surface area contributed by atoms with Crippen LogP contribution in [0.2, 0.25) is 15.1 Å². The second kappa shape index (κ2) is 8.72. The monoisotopic (exact) mass is 385 g/mol. The average Bonchev–Trinajstić information content (AvgIpc) is 2.57. The largest absolute Gasteiger partial charge is 0.396 e. The summed E-state index contributed by atoms with van der Waals surface area (Å²) in [5.74, 6) is -0.426. The van der Waals surface area contributed by atoms with Crippen LogP contribution in [0.5, 0.6) is 0 Å². The highest BCUT2D eigenvalue weighted by Gasteiger charge is 2.23. The van der Waals surface area contributed by atoms with Crippen LogP contribution < -0.4 is 4.90 Å². The first kappa shape index (κ1) is 19.1. The van der Waals surface area contributed by atoms with Crippen molar-refractivity contribution in [3.63, 3.8) is 0 Å². The van der Waals surface area contributed by atoms with Crippen molar-refractivity contribution in [2.45, 2.75) is 12.8 Å². The van der Waals surface area contributed by atoms with E-state index in [9.17, 15) is 9.90 Å². The molecule has 2 aromatic rings. The second-order valence-corrected chi connectivity index (χ2v) is 6.79. The molecule has 1 N–H and O–H groups in total. The van der Waals surface area contributed by atoms with Crippen LogP contribution in [0.4, 0.5) is 5.69 Å². The van der Waals surface area contributed by atoms with E-state index < -0.39 is 0 Å². The third-order valence-electron chi connectivity index (χ3n) is 3.84. The number of benzene rings is 2. The Morgan fingerprint density at radius 3 is 2.33 bits per heavy atom. The van der Waals surface area contributed by atoms with Gasteiger partial charge in [-0.05, 0) is 54.8 Å². The smallest absolute Gasteiger partial charge is 0.230 e. The maximum atomic E-state index is 12.8. The molecule has 3 nitrogen and oxygen atoms in total. The number of aliphatic hydroxyl groups excluding tert-OH is 1. The van der Waals surface area contributed by atoms with E-state index in [0.717, 1.165) is 11.3 Å². The zero-order chi connectivity index (χ0) is 17.7. The molecule has 0 bridgehead atoms. The van der Waals surface area contributed by atoms with Crippen molar-refractivity contribution in [3.8, 4) is 0 Å². The van der Waals surface area contributed by atoms with Crippen LogP contribution in [0.15, 0.2) is 42.5 Å². The topological polar surface area (TPSA) is 40.5 Å². The van der Waals surface area contributed by atoms with E-state index in [1.54, 1.807) is 48.3 Å². The van der Waals surface area contributed by atoms with Crippen LogP contribution in [-0.4, -0.2) is 24.7 Å². The van der Waals surface area contributed by atoms with Gasteiger partial charge in [-0.3, -0.25) is 4.79 Å². The third-order valence-corrected chi connectivity index (χ3v) is 4.83. The van der Waals surface area contributed by atoms with E-state index in [4.69, 9.17) is 34.8 Å². The number of aliphatic hydroxyl groups is 1. The average molecular weight is 387 g/mol. The molecule has 0 spiro atoms. The highest BCUT2D eigenvalue weighted by molar-refractivity contribution is 6.42. The third kappa shape index (κ3) is 4.87. The van der Waals surface area contributed by atoms with Crippen molar-refractivity contribution < 1.29 is 9.90 Å². The van der Waals surface area contributed by atoms with Gasteiger partial charge in [0.05, 0.1) is 10.0 Å². The van der Waals surface area contributed by atoms with Crippen LogP contribution in [-0.2, 0) is 11.2 Å². The Morgan fingerprint density at radius 1 is 1.08 bits per heavy atom. The number of amides is 1. The maximum absolute atomic E-state index is 12.8. The Hall–Kier alpha value is -1.26. The summed E-state index contributed by atoms with van der Waals surface area (Å²) in [6.07, 6.45) is 0.852. The number of hydrogen-bond donors (Lipinski definition) is 1. The van der Waals surface area contributed by atoms with Gasteiger partial charge in [0.2, 0.25) is 5.91 Å². The van der Waals surface area contributed by atoms with Crippen molar-refractivity contribution in [1.82, 2.24) is 0 Å². The first-order valence-corrected chi connectivity index (χ1v) is 8.63. The van der Waals surface area contributed by atoms with E-state index in [-0.39, 0.29) is 18.4 Å². The summed E-state index contributed by atoms with van der Waals surface area (Å²) in [6, 6.07) is 12.4. The number of hydrogen-bond acceptors (Lipinski definition) is 2. The molecule has 1 unspecified atom stereocenters. The van der Waals surface area contributed by atoms with Gasteiger partial charge >= 0.3 is 0 Å². The predicted octanol–water partition coefficient (Wildman–Crippen LogP) is 4.85. The van der Waals surface area contributed by atoms with Gasteiger partial charge in [-0.2, -0.15) is 0 Å². The molecule has 0 saturated carbocycles. The van der Waals surface area contributed by atoms with Crippen LogP contribution in [0.25, 0.3) is 0 Å².